The Kier molecular flexibility index (Phi) is 8.13. The van der Waals surface area contributed by atoms with E-state index in [0.717, 1.165) is 76.6 Å². The molecule has 1 unspecified atom stereocenters. The molecule has 156 valence electrons. The average molecular weight is 390 g/mol. The fourth-order valence-corrected chi connectivity index (χ4v) is 4.04. The fraction of sp³-hybridized carbons (Fsp3) is 0.682. The highest BCUT2D eigenvalue weighted by Gasteiger charge is 2.23. The van der Waals surface area contributed by atoms with E-state index in [1.54, 1.807) is 0 Å². The van der Waals surface area contributed by atoms with E-state index in [-0.39, 0.29) is 12.5 Å². The van der Waals surface area contributed by atoms with Crippen LogP contribution in [-0.4, -0.2) is 74.3 Å². The maximum Gasteiger partial charge on any atom is 0.260 e. The summed E-state index contributed by atoms with van der Waals surface area (Å²) in [6, 6.07) is 8.50. The fourth-order valence-electron chi connectivity index (χ4n) is 4.04. The van der Waals surface area contributed by atoms with Crippen molar-refractivity contribution < 1.29 is 14.3 Å². The van der Waals surface area contributed by atoms with Crippen LogP contribution in [-0.2, 0) is 16.1 Å². The molecule has 3 rings (SSSR count). The van der Waals surface area contributed by atoms with Crippen molar-refractivity contribution in [2.45, 2.75) is 39.3 Å². The maximum atomic E-state index is 12.3. The molecule has 6 heteroatoms. The number of carbonyl (C=O) groups excluding carboxylic acids is 1. The van der Waals surface area contributed by atoms with Gasteiger partial charge in [-0.3, -0.25) is 9.69 Å². The second-order valence-electron chi connectivity index (χ2n) is 8.07. The summed E-state index contributed by atoms with van der Waals surface area (Å²) in [7, 11) is 0. The van der Waals surface area contributed by atoms with Crippen LogP contribution in [0.4, 0.5) is 0 Å². The number of amides is 1. The number of carbonyl (C=O) groups is 1. The quantitative estimate of drug-likeness (QED) is 0.701. The lowest BCUT2D eigenvalue weighted by Gasteiger charge is -2.37. The van der Waals surface area contributed by atoms with Crippen molar-refractivity contribution in [3.8, 4) is 5.75 Å². The Hall–Kier alpha value is -1.63. The Morgan fingerprint density at radius 1 is 1.14 bits per heavy atom. The number of benzene rings is 1. The third-order valence-electron chi connectivity index (χ3n) is 5.74. The molecule has 0 spiro atoms. The summed E-state index contributed by atoms with van der Waals surface area (Å²) in [6.07, 6.45) is 2.21. The van der Waals surface area contributed by atoms with Crippen LogP contribution in [0.1, 0.15) is 32.3 Å². The average Bonchev–Trinajstić information content (AvgIpc) is 3.25. The van der Waals surface area contributed by atoms with Gasteiger partial charge in [0.1, 0.15) is 5.75 Å². The molecule has 2 saturated heterocycles. The van der Waals surface area contributed by atoms with Crippen LogP contribution in [0.2, 0.25) is 0 Å². The number of nitrogens with zero attached hydrogens (tertiary/aromatic N) is 2. The molecule has 1 atom stereocenters. The van der Waals surface area contributed by atoms with E-state index in [1.165, 1.54) is 0 Å². The number of para-hydroxylation sites is 1. The molecule has 0 aliphatic carbocycles. The van der Waals surface area contributed by atoms with E-state index in [4.69, 9.17) is 9.47 Å². The number of hydrogen-bond acceptors (Lipinski definition) is 5. The zero-order chi connectivity index (χ0) is 19.8. The Morgan fingerprint density at radius 2 is 1.86 bits per heavy atom. The van der Waals surface area contributed by atoms with Gasteiger partial charge in [0.2, 0.25) is 0 Å². The minimum atomic E-state index is 0.0902. The Morgan fingerprint density at radius 3 is 2.57 bits per heavy atom. The van der Waals surface area contributed by atoms with Gasteiger partial charge in [0.15, 0.2) is 6.61 Å². The predicted molar refractivity (Wildman–Crippen MR) is 110 cm³/mol. The smallest absolute Gasteiger partial charge is 0.260 e. The molecule has 1 aromatic rings. The molecule has 0 bridgehead atoms. The molecule has 0 saturated carbocycles. The molecule has 1 aromatic carbocycles. The van der Waals surface area contributed by atoms with Crippen molar-refractivity contribution in [3.63, 3.8) is 0 Å². The summed E-state index contributed by atoms with van der Waals surface area (Å²) in [6.45, 7) is 11.7. The molecular formula is C22H35N3O3. The van der Waals surface area contributed by atoms with Crippen LogP contribution in [0.15, 0.2) is 24.3 Å². The third kappa shape index (κ3) is 5.93. The zero-order valence-electron chi connectivity index (χ0n) is 17.4. The van der Waals surface area contributed by atoms with Crippen LogP contribution in [0.3, 0.4) is 0 Å². The minimum Gasteiger partial charge on any atom is -0.483 e. The van der Waals surface area contributed by atoms with Gasteiger partial charge in [-0.25, -0.2) is 0 Å². The largest absolute Gasteiger partial charge is 0.483 e. The summed E-state index contributed by atoms with van der Waals surface area (Å²) < 4.78 is 11.4. The molecule has 0 radical (unpaired) electrons. The summed E-state index contributed by atoms with van der Waals surface area (Å²) in [5, 5.41) is 3.61. The molecule has 2 heterocycles. The monoisotopic (exact) mass is 389 g/mol. The Balaban J connectivity index is 1.50. The first-order chi connectivity index (χ1) is 13.6. The van der Waals surface area contributed by atoms with Gasteiger partial charge in [-0.15, -0.1) is 0 Å². The minimum absolute atomic E-state index is 0.0902. The number of likely N-dealkylation sites (tertiary alicyclic amines) is 1. The van der Waals surface area contributed by atoms with E-state index < -0.39 is 0 Å². The third-order valence-corrected chi connectivity index (χ3v) is 5.74. The van der Waals surface area contributed by atoms with E-state index in [2.05, 4.69) is 30.1 Å². The van der Waals surface area contributed by atoms with Crippen LogP contribution < -0.4 is 10.1 Å². The van der Waals surface area contributed by atoms with Gasteiger partial charge in [0, 0.05) is 50.9 Å². The van der Waals surface area contributed by atoms with Crippen molar-refractivity contribution in [2.24, 2.45) is 5.92 Å². The predicted octanol–water partition coefficient (Wildman–Crippen LogP) is 2.13. The van der Waals surface area contributed by atoms with Crippen molar-refractivity contribution in [1.29, 1.82) is 0 Å². The Labute approximate surface area is 169 Å². The van der Waals surface area contributed by atoms with Gasteiger partial charge in [0.05, 0.1) is 13.2 Å². The molecule has 2 aliphatic rings. The van der Waals surface area contributed by atoms with Crippen molar-refractivity contribution >= 4 is 5.91 Å². The van der Waals surface area contributed by atoms with E-state index in [9.17, 15) is 4.79 Å². The van der Waals surface area contributed by atoms with Gasteiger partial charge in [0.25, 0.3) is 5.91 Å². The summed E-state index contributed by atoms with van der Waals surface area (Å²) in [4.78, 5) is 16.7. The van der Waals surface area contributed by atoms with Gasteiger partial charge in [-0.2, -0.15) is 0 Å². The molecule has 2 fully saturated rings. The molecule has 1 N–H and O–H groups in total. The van der Waals surface area contributed by atoms with Crippen molar-refractivity contribution in [1.82, 2.24) is 15.1 Å². The standard InChI is InChI=1S/C22H35N3O3/c1-18(2)20(24-11-13-27-14-12-24)16-23-15-19-7-3-4-8-21(19)28-17-22(26)25-9-5-6-10-25/h3-4,7-8,18,20,23H,5-6,9-17H2,1-2H3. The number of rotatable bonds is 9. The maximum absolute atomic E-state index is 12.3. The van der Waals surface area contributed by atoms with E-state index >= 15 is 0 Å². The van der Waals surface area contributed by atoms with Gasteiger partial charge < -0.3 is 19.7 Å². The first-order valence-electron chi connectivity index (χ1n) is 10.7. The highest BCUT2D eigenvalue weighted by atomic mass is 16.5. The molecule has 28 heavy (non-hydrogen) atoms. The number of nitrogens with one attached hydrogen (secondary N) is 1. The topological polar surface area (TPSA) is 54.0 Å². The van der Waals surface area contributed by atoms with E-state index in [1.807, 2.05) is 23.1 Å². The molecular weight excluding hydrogens is 354 g/mol. The lowest BCUT2D eigenvalue weighted by molar-refractivity contribution is -0.132. The van der Waals surface area contributed by atoms with E-state index in [0.29, 0.717) is 12.0 Å². The summed E-state index contributed by atoms with van der Waals surface area (Å²) in [5.74, 6) is 1.47. The van der Waals surface area contributed by atoms with Crippen molar-refractivity contribution in [2.75, 3.05) is 52.5 Å². The van der Waals surface area contributed by atoms with Gasteiger partial charge in [-0.05, 0) is 24.8 Å². The summed E-state index contributed by atoms with van der Waals surface area (Å²) in [5.41, 5.74) is 1.10. The highest BCUT2D eigenvalue weighted by Crippen LogP contribution is 2.19. The molecule has 2 aliphatic heterocycles. The number of morpholine rings is 1. The lowest BCUT2D eigenvalue weighted by atomic mass is 10.0. The second-order valence-corrected chi connectivity index (χ2v) is 8.07. The lowest BCUT2D eigenvalue weighted by Crippen LogP contribution is -2.50. The first kappa shape index (κ1) is 21.1. The first-order valence-corrected chi connectivity index (χ1v) is 10.7. The Bertz CT molecular complexity index is 611. The summed E-state index contributed by atoms with van der Waals surface area (Å²) >= 11 is 0. The molecule has 6 nitrogen and oxygen atoms in total. The second kappa shape index (κ2) is 10.8. The number of ether oxygens (including phenoxy) is 2. The van der Waals surface area contributed by atoms with Gasteiger partial charge >= 0.3 is 0 Å². The van der Waals surface area contributed by atoms with Crippen molar-refractivity contribution in [3.05, 3.63) is 29.8 Å². The normalized spacial score (nSPS) is 19.2. The molecule has 0 aromatic heterocycles. The van der Waals surface area contributed by atoms with Crippen LogP contribution in [0.5, 0.6) is 5.75 Å². The van der Waals surface area contributed by atoms with Crippen LogP contribution in [0.25, 0.3) is 0 Å². The van der Waals surface area contributed by atoms with Crippen LogP contribution in [0, 0.1) is 5.92 Å². The van der Waals surface area contributed by atoms with Gasteiger partial charge in [-0.1, -0.05) is 32.0 Å². The SMILES string of the molecule is CC(C)C(CNCc1ccccc1OCC(=O)N1CCCC1)N1CCOCC1. The number of hydrogen-bond donors (Lipinski definition) is 1. The van der Waals surface area contributed by atoms with Crippen LogP contribution >= 0.6 is 0 Å². The molecule has 1 amide bonds. The zero-order valence-corrected chi connectivity index (χ0v) is 17.4. The highest BCUT2D eigenvalue weighted by molar-refractivity contribution is 5.78.